The summed E-state index contributed by atoms with van der Waals surface area (Å²) in [6.45, 7) is 6.41. The number of benzene rings is 1. The van der Waals surface area contributed by atoms with Gasteiger partial charge in [-0.2, -0.15) is 0 Å². The van der Waals surface area contributed by atoms with Crippen LogP contribution in [0.25, 0.3) is 0 Å². The molecule has 1 aromatic heterocycles. The summed E-state index contributed by atoms with van der Waals surface area (Å²) in [5.41, 5.74) is 4.81. The van der Waals surface area contributed by atoms with Gasteiger partial charge in [0.15, 0.2) is 15.0 Å². The minimum absolute atomic E-state index is 0.0996. The number of nitrogens with two attached hydrogens (primary N) is 1. The van der Waals surface area contributed by atoms with Gasteiger partial charge in [0, 0.05) is 5.38 Å². The number of hydrogen-bond acceptors (Lipinski definition) is 11. The van der Waals surface area contributed by atoms with Gasteiger partial charge in [0.2, 0.25) is 5.71 Å². The molecule has 0 fully saturated rings. The molecule has 0 radical (unpaired) electrons. The maximum atomic E-state index is 12.6. The normalized spacial score (nSPS) is 13.3. The van der Waals surface area contributed by atoms with Crippen molar-refractivity contribution in [3.8, 4) is 0 Å². The Balaban J connectivity index is 2.04. The fourth-order valence-electron chi connectivity index (χ4n) is 2.44. The van der Waals surface area contributed by atoms with E-state index in [2.05, 4.69) is 10.1 Å². The van der Waals surface area contributed by atoms with E-state index in [1.54, 1.807) is 45.9 Å². The number of nitrogens with zero attached hydrogens (tertiary/aromatic N) is 2. The van der Waals surface area contributed by atoms with Crippen LogP contribution in [0.1, 0.15) is 39.8 Å². The summed E-state index contributed by atoms with van der Waals surface area (Å²) in [7, 11) is -3.63. The lowest BCUT2D eigenvalue weighted by molar-refractivity contribution is -0.157. The smallest absolute Gasteiger partial charge is 0.362 e. The Kier molecular flexibility index (Phi) is 8.94. The molecule has 0 amide bonds. The van der Waals surface area contributed by atoms with E-state index in [-0.39, 0.29) is 27.9 Å². The van der Waals surface area contributed by atoms with Crippen LogP contribution in [0, 0.1) is 0 Å². The maximum absolute atomic E-state index is 12.6. The number of nitrogen functional groups attached to an aromatic ring is 1. The average Bonchev–Trinajstić information content (AvgIpc) is 3.13. The van der Waals surface area contributed by atoms with Crippen molar-refractivity contribution in [1.29, 1.82) is 0 Å². The van der Waals surface area contributed by atoms with Crippen molar-refractivity contribution < 1.29 is 32.3 Å². The molecule has 0 saturated carbocycles. The van der Waals surface area contributed by atoms with E-state index in [1.807, 2.05) is 0 Å². The first kappa shape index (κ1) is 26.3. The molecule has 1 aromatic carbocycles. The summed E-state index contributed by atoms with van der Waals surface area (Å²) in [4.78, 5) is 34.0. The zero-order valence-electron chi connectivity index (χ0n) is 18.8. The highest BCUT2D eigenvalue weighted by molar-refractivity contribution is 7.91. The third kappa shape index (κ3) is 8.81. The fraction of sp³-hybridized carbons (Fsp3) is 0.429. The standard InChI is InChI=1S/C21H27N3O7S2/c1-14(12-17(25)30-21(2,3)4)31-24-18(16-13-32-20(22)23-16)19(26)29-10-11-33(27,28)15-8-6-5-7-9-15/h5-9,13-14H,10-12H2,1-4H3,(H2,22,23)/b24-18-. The summed E-state index contributed by atoms with van der Waals surface area (Å²) in [6, 6.07) is 7.83. The molecule has 10 nitrogen and oxygen atoms in total. The molecule has 0 saturated heterocycles. The van der Waals surface area contributed by atoms with E-state index in [1.165, 1.54) is 17.5 Å². The minimum Gasteiger partial charge on any atom is -0.460 e. The van der Waals surface area contributed by atoms with E-state index < -0.39 is 45.8 Å². The van der Waals surface area contributed by atoms with Gasteiger partial charge in [0.1, 0.15) is 24.0 Å². The summed E-state index contributed by atoms with van der Waals surface area (Å²) in [5.74, 6) is -1.84. The Hall–Kier alpha value is -2.99. The number of aromatic nitrogens is 1. The van der Waals surface area contributed by atoms with Crippen LogP contribution in [-0.4, -0.2) is 55.1 Å². The number of carbonyl (C=O) groups excluding carboxylic acids is 2. The molecule has 1 heterocycles. The second-order valence-corrected chi connectivity index (χ2v) is 11.0. The van der Waals surface area contributed by atoms with Crippen molar-refractivity contribution >= 4 is 44.0 Å². The van der Waals surface area contributed by atoms with Gasteiger partial charge in [0.05, 0.1) is 17.1 Å². The molecule has 0 aliphatic heterocycles. The molecule has 2 N–H and O–H groups in total. The summed E-state index contributed by atoms with van der Waals surface area (Å²) < 4.78 is 35.0. The molecule has 1 unspecified atom stereocenters. The molecule has 33 heavy (non-hydrogen) atoms. The summed E-state index contributed by atoms with van der Waals surface area (Å²) in [5, 5.41) is 5.48. The average molecular weight is 498 g/mol. The van der Waals surface area contributed by atoms with Gasteiger partial charge in [-0.1, -0.05) is 23.4 Å². The number of anilines is 1. The van der Waals surface area contributed by atoms with Crippen molar-refractivity contribution in [1.82, 2.24) is 4.98 Å². The molecule has 180 valence electrons. The second kappa shape index (κ2) is 11.2. The van der Waals surface area contributed by atoms with Crippen LogP contribution < -0.4 is 5.73 Å². The topological polar surface area (TPSA) is 147 Å². The number of ether oxygens (including phenoxy) is 2. The van der Waals surface area contributed by atoms with Crippen molar-refractivity contribution in [2.45, 2.75) is 50.7 Å². The zero-order valence-corrected chi connectivity index (χ0v) is 20.4. The number of thiazole rings is 1. The first-order valence-corrected chi connectivity index (χ1v) is 12.5. The zero-order chi connectivity index (χ0) is 24.6. The SMILES string of the molecule is CC(CC(=O)OC(C)(C)C)O/N=C(\C(=O)OCCS(=O)(=O)c1ccccc1)c1csc(N)n1. The van der Waals surface area contributed by atoms with Crippen molar-refractivity contribution in [2.24, 2.45) is 5.16 Å². The van der Waals surface area contributed by atoms with Crippen LogP contribution in [0.15, 0.2) is 45.8 Å². The molecular weight excluding hydrogens is 470 g/mol. The Morgan fingerprint density at radius 2 is 1.88 bits per heavy atom. The van der Waals surface area contributed by atoms with E-state index >= 15 is 0 Å². The van der Waals surface area contributed by atoms with Crippen molar-refractivity contribution in [3.05, 3.63) is 41.4 Å². The van der Waals surface area contributed by atoms with Gasteiger partial charge in [0.25, 0.3) is 0 Å². The van der Waals surface area contributed by atoms with Gasteiger partial charge in [-0.25, -0.2) is 18.2 Å². The molecule has 0 aliphatic rings. The highest BCUT2D eigenvalue weighted by atomic mass is 32.2. The lowest BCUT2D eigenvalue weighted by Crippen LogP contribution is -2.27. The number of hydrogen-bond donors (Lipinski definition) is 1. The molecular formula is C21H27N3O7S2. The number of sulfone groups is 1. The van der Waals surface area contributed by atoms with Crippen LogP contribution in [0.3, 0.4) is 0 Å². The molecule has 0 spiro atoms. The Labute approximate surface area is 196 Å². The minimum atomic E-state index is -3.63. The van der Waals surface area contributed by atoms with Gasteiger partial charge >= 0.3 is 11.9 Å². The number of oxime groups is 1. The quantitative estimate of drug-likeness (QED) is 0.297. The van der Waals surface area contributed by atoms with Crippen LogP contribution in [-0.2, 0) is 33.7 Å². The van der Waals surface area contributed by atoms with Gasteiger partial charge in [-0.3, -0.25) is 4.79 Å². The molecule has 0 bridgehead atoms. The van der Waals surface area contributed by atoms with Crippen LogP contribution in [0.4, 0.5) is 5.13 Å². The molecule has 2 aromatic rings. The Morgan fingerprint density at radius 3 is 2.45 bits per heavy atom. The fourth-order valence-corrected chi connectivity index (χ4v) is 4.10. The van der Waals surface area contributed by atoms with Crippen LogP contribution in [0.5, 0.6) is 0 Å². The second-order valence-electron chi connectivity index (χ2n) is 7.99. The third-order valence-electron chi connectivity index (χ3n) is 3.84. The molecule has 12 heteroatoms. The molecule has 2 rings (SSSR count). The van der Waals surface area contributed by atoms with Crippen LogP contribution >= 0.6 is 11.3 Å². The first-order valence-electron chi connectivity index (χ1n) is 9.99. The van der Waals surface area contributed by atoms with E-state index in [0.29, 0.717) is 0 Å². The predicted octanol–water partition coefficient (Wildman–Crippen LogP) is 2.58. The molecule has 1 atom stereocenters. The van der Waals surface area contributed by atoms with E-state index in [4.69, 9.17) is 20.0 Å². The number of rotatable bonds is 10. The third-order valence-corrected chi connectivity index (χ3v) is 6.21. The summed E-state index contributed by atoms with van der Waals surface area (Å²) in [6.07, 6.45) is -0.811. The highest BCUT2D eigenvalue weighted by Crippen LogP contribution is 2.15. The summed E-state index contributed by atoms with van der Waals surface area (Å²) >= 11 is 1.08. The van der Waals surface area contributed by atoms with Crippen molar-refractivity contribution in [3.63, 3.8) is 0 Å². The predicted molar refractivity (Wildman–Crippen MR) is 124 cm³/mol. The highest BCUT2D eigenvalue weighted by Gasteiger charge is 2.24. The lowest BCUT2D eigenvalue weighted by Gasteiger charge is -2.20. The van der Waals surface area contributed by atoms with Crippen molar-refractivity contribution in [2.75, 3.05) is 18.1 Å². The van der Waals surface area contributed by atoms with E-state index in [0.717, 1.165) is 11.3 Å². The van der Waals surface area contributed by atoms with Crippen LogP contribution in [0.2, 0.25) is 0 Å². The van der Waals surface area contributed by atoms with E-state index in [9.17, 15) is 18.0 Å². The van der Waals surface area contributed by atoms with Gasteiger partial charge < -0.3 is 20.0 Å². The number of esters is 2. The molecule has 0 aliphatic carbocycles. The Bertz CT molecular complexity index is 1090. The van der Waals surface area contributed by atoms with Gasteiger partial charge in [-0.05, 0) is 39.8 Å². The first-order chi connectivity index (χ1) is 15.4. The maximum Gasteiger partial charge on any atom is 0.362 e. The largest absolute Gasteiger partial charge is 0.460 e. The van der Waals surface area contributed by atoms with Gasteiger partial charge in [-0.15, -0.1) is 11.3 Å². The monoisotopic (exact) mass is 497 g/mol. The Morgan fingerprint density at radius 1 is 1.21 bits per heavy atom. The number of carbonyl (C=O) groups is 2. The lowest BCUT2D eigenvalue weighted by atomic mass is 10.2.